The van der Waals surface area contributed by atoms with Gasteiger partial charge in [-0.25, -0.2) is 0 Å². The number of rotatable bonds is 1. The normalized spacial score (nSPS) is 18.8. The number of halogens is 2. The topological polar surface area (TPSA) is 54.5 Å². The molecule has 1 aliphatic rings. The third kappa shape index (κ3) is 1.77. The first-order chi connectivity index (χ1) is 7.43. The quantitative estimate of drug-likeness (QED) is 0.796. The minimum absolute atomic E-state index is 0.264. The maximum absolute atomic E-state index is 11.7. The molecule has 0 atom stereocenters. The summed E-state index contributed by atoms with van der Waals surface area (Å²) >= 11 is 8.69. The summed E-state index contributed by atoms with van der Waals surface area (Å²) in [6.07, 6.45) is 0.888. The number of benzene rings is 1. The molecule has 0 saturated heterocycles. The maximum Gasteiger partial charge on any atom is 0.282 e. The Labute approximate surface area is 106 Å². The van der Waals surface area contributed by atoms with Gasteiger partial charge in [-0.3, -0.25) is 4.79 Å². The Morgan fingerprint density at radius 3 is 2.19 bits per heavy atom. The van der Waals surface area contributed by atoms with Crippen molar-refractivity contribution < 1.29 is 13.2 Å². The first-order valence-electron chi connectivity index (χ1n) is 4.15. The highest BCUT2D eigenvalue weighted by Crippen LogP contribution is 2.31. The number of hydrogen-bond donors (Lipinski definition) is 0. The van der Waals surface area contributed by atoms with Gasteiger partial charge in [-0.05, 0) is 24.3 Å². The van der Waals surface area contributed by atoms with Crippen LogP contribution < -0.4 is 4.31 Å². The van der Waals surface area contributed by atoms with E-state index < -0.39 is 20.3 Å². The fourth-order valence-electron chi connectivity index (χ4n) is 1.28. The summed E-state index contributed by atoms with van der Waals surface area (Å²) in [5, 5.41) is 0. The molecule has 0 aromatic heterocycles. The molecule has 1 aliphatic heterocycles. The predicted molar refractivity (Wildman–Crippen MR) is 64.5 cm³/mol. The van der Waals surface area contributed by atoms with Gasteiger partial charge in [0, 0.05) is 10.5 Å². The van der Waals surface area contributed by atoms with Crippen LogP contribution in [0.1, 0.15) is 0 Å². The van der Waals surface area contributed by atoms with E-state index in [1.54, 1.807) is 12.1 Å². The van der Waals surface area contributed by atoms with Crippen LogP contribution in [-0.4, -0.2) is 14.3 Å². The third-order valence-corrected chi connectivity index (χ3v) is 4.69. The molecule has 0 fully saturated rings. The number of hydrogen-bond acceptors (Lipinski definition) is 3. The van der Waals surface area contributed by atoms with Crippen LogP contribution in [0.3, 0.4) is 0 Å². The first-order valence-corrected chi connectivity index (χ1v) is 6.76. The van der Waals surface area contributed by atoms with Gasteiger partial charge in [0.1, 0.15) is 0 Å². The molecule has 1 aromatic carbocycles. The van der Waals surface area contributed by atoms with Gasteiger partial charge in [0.2, 0.25) is 0 Å². The van der Waals surface area contributed by atoms with Gasteiger partial charge in [0.05, 0.1) is 5.69 Å². The van der Waals surface area contributed by atoms with Crippen LogP contribution in [0.15, 0.2) is 39.2 Å². The number of nitrogens with zero attached hydrogens (tertiary/aromatic N) is 1. The number of carbonyl (C=O) groups excluding carboxylic acids is 1. The minimum atomic E-state index is -3.89. The van der Waals surface area contributed by atoms with Gasteiger partial charge >= 0.3 is 0 Å². The zero-order valence-corrected chi connectivity index (χ0v) is 10.9. The summed E-state index contributed by atoms with van der Waals surface area (Å²) in [6.45, 7) is 0. The number of carbonyl (C=O) groups is 1. The summed E-state index contributed by atoms with van der Waals surface area (Å²) in [7, 11) is -3.89. The van der Waals surface area contributed by atoms with E-state index >= 15 is 0 Å². The van der Waals surface area contributed by atoms with E-state index in [1.165, 1.54) is 12.1 Å². The lowest BCUT2D eigenvalue weighted by atomic mass is 10.3. The van der Waals surface area contributed by atoms with E-state index in [0.29, 0.717) is 4.31 Å². The zero-order chi connectivity index (χ0) is 11.9. The molecule has 0 bridgehead atoms. The molecule has 0 N–H and O–H groups in total. The van der Waals surface area contributed by atoms with Crippen molar-refractivity contribution in [3.63, 3.8) is 0 Å². The van der Waals surface area contributed by atoms with Gasteiger partial charge in [0.15, 0.2) is 4.36 Å². The van der Waals surface area contributed by atoms with E-state index in [2.05, 4.69) is 15.9 Å². The van der Waals surface area contributed by atoms with Crippen molar-refractivity contribution in [2.75, 3.05) is 4.31 Å². The maximum atomic E-state index is 11.7. The molecule has 0 spiro atoms. The van der Waals surface area contributed by atoms with Crippen LogP contribution in [0.5, 0.6) is 0 Å². The summed E-state index contributed by atoms with van der Waals surface area (Å²) in [5.41, 5.74) is 0.264. The number of amides is 1. The molecule has 0 aliphatic carbocycles. The summed E-state index contributed by atoms with van der Waals surface area (Å²) < 4.78 is 24.4. The van der Waals surface area contributed by atoms with Crippen LogP contribution in [-0.2, 0) is 14.8 Å². The Morgan fingerprint density at radius 1 is 1.19 bits per heavy atom. The SMILES string of the molecule is O=C1C=C(Cl)S(=O)(=O)N1c1ccc(Br)cc1. The van der Waals surface area contributed by atoms with Gasteiger partial charge in [-0.15, -0.1) is 0 Å². The average Bonchev–Trinajstić information content (AvgIpc) is 2.39. The van der Waals surface area contributed by atoms with Crippen molar-refractivity contribution >= 4 is 49.1 Å². The van der Waals surface area contributed by atoms with E-state index in [0.717, 1.165) is 10.5 Å². The fourth-order valence-corrected chi connectivity index (χ4v) is 2.96. The lowest BCUT2D eigenvalue weighted by molar-refractivity contribution is -0.112. The fraction of sp³-hybridized carbons (Fsp3) is 0. The van der Waals surface area contributed by atoms with E-state index in [1.807, 2.05) is 0 Å². The van der Waals surface area contributed by atoms with Crippen molar-refractivity contribution in [1.82, 2.24) is 0 Å². The number of sulfonamides is 1. The van der Waals surface area contributed by atoms with Crippen molar-refractivity contribution in [2.45, 2.75) is 0 Å². The highest BCUT2D eigenvalue weighted by molar-refractivity contribution is 9.10. The lowest BCUT2D eigenvalue weighted by Crippen LogP contribution is -2.30. The van der Waals surface area contributed by atoms with Crippen LogP contribution >= 0.6 is 27.5 Å². The lowest BCUT2D eigenvalue weighted by Gasteiger charge is -2.15. The molecule has 1 heterocycles. The van der Waals surface area contributed by atoms with Crippen LogP contribution in [0.4, 0.5) is 5.69 Å². The van der Waals surface area contributed by atoms with E-state index in [-0.39, 0.29) is 5.69 Å². The molecule has 0 unspecified atom stereocenters. The molecule has 7 heteroatoms. The molecular formula is C9H5BrClNO3S. The Bertz CT molecular complexity index is 579. The summed E-state index contributed by atoms with van der Waals surface area (Å²) in [5.74, 6) is -0.660. The van der Waals surface area contributed by atoms with Crippen molar-refractivity contribution in [2.24, 2.45) is 0 Å². The van der Waals surface area contributed by atoms with Gasteiger partial charge < -0.3 is 0 Å². The highest BCUT2D eigenvalue weighted by Gasteiger charge is 2.37. The van der Waals surface area contributed by atoms with Crippen molar-refractivity contribution in [3.8, 4) is 0 Å². The molecule has 1 amide bonds. The second kappa shape index (κ2) is 3.87. The largest absolute Gasteiger partial charge is 0.282 e. The van der Waals surface area contributed by atoms with Crippen LogP contribution in [0.25, 0.3) is 0 Å². The molecule has 1 aromatic rings. The van der Waals surface area contributed by atoms with Crippen molar-refractivity contribution in [3.05, 3.63) is 39.2 Å². The monoisotopic (exact) mass is 321 g/mol. The molecule has 84 valence electrons. The van der Waals surface area contributed by atoms with Gasteiger partial charge in [0.25, 0.3) is 15.9 Å². The minimum Gasteiger partial charge on any atom is -0.268 e. The Morgan fingerprint density at radius 2 is 1.75 bits per heavy atom. The van der Waals surface area contributed by atoms with Crippen LogP contribution in [0, 0.1) is 0 Å². The molecule has 0 radical (unpaired) electrons. The van der Waals surface area contributed by atoms with Crippen molar-refractivity contribution in [1.29, 1.82) is 0 Å². The average molecular weight is 323 g/mol. The Balaban J connectivity index is 2.51. The molecular weight excluding hydrogens is 318 g/mol. The third-order valence-electron chi connectivity index (χ3n) is 1.99. The predicted octanol–water partition coefficient (Wildman–Crippen LogP) is 2.21. The second-order valence-electron chi connectivity index (χ2n) is 3.03. The van der Waals surface area contributed by atoms with E-state index in [9.17, 15) is 13.2 Å². The standard InChI is InChI=1S/C9H5BrClNO3S/c10-6-1-3-7(4-2-6)12-9(13)5-8(11)16(12,14)15/h1-5H. The van der Waals surface area contributed by atoms with E-state index in [4.69, 9.17) is 11.6 Å². The smallest absolute Gasteiger partial charge is 0.268 e. The van der Waals surface area contributed by atoms with Crippen LogP contribution in [0.2, 0.25) is 0 Å². The summed E-state index contributed by atoms with van der Waals surface area (Å²) in [4.78, 5) is 11.5. The summed E-state index contributed by atoms with van der Waals surface area (Å²) in [6, 6.07) is 6.32. The Kier molecular flexibility index (Phi) is 2.81. The highest BCUT2D eigenvalue weighted by atomic mass is 79.9. The first kappa shape index (κ1) is 11.6. The molecule has 0 saturated carbocycles. The molecule has 4 nitrogen and oxygen atoms in total. The second-order valence-corrected chi connectivity index (χ2v) is 6.33. The number of anilines is 1. The molecule has 16 heavy (non-hydrogen) atoms. The zero-order valence-electron chi connectivity index (χ0n) is 7.72. The van der Waals surface area contributed by atoms with Gasteiger partial charge in [-0.1, -0.05) is 27.5 Å². The van der Waals surface area contributed by atoms with Gasteiger partial charge in [-0.2, -0.15) is 12.7 Å². The molecule has 2 rings (SSSR count). The Hall–Kier alpha value is -0.850.